The Morgan fingerprint density at radius 2 is 1.73 bits per heavy atom. The molecule has 0 spiro atoms. The first-order valence-corrected chi connectivity index (χ1v) is 8.04. The van der Waals surface area contributed by atoms with Gasteiger partial charge in [-0.05, 0) is 42.0 Å². The van der Waals surface area contributed by atoms with Crippen LogP contribution in [-0.4, -0.2) is 22.1 Å². The molecule has 0 saturated heterocycles. The van der Waals surface area contributed by atoms with E-state index in [1.165, 1.54) is 43.5 Å². The van der Waals surface area contributed by atoms with Gasteiger partial charge >= 0.3 is 0 Å². The van der Waals surface area contributed by atoms with Crippen LogP contribution < -0.4 is 10.5 Å². The molecular weight excluding hydrogens is 307 g/mol. The SMILES string of the molecule is CO[C@@H](CNS(=O)(=O)c1ccc(N)cc1)c1ccc(F)cc1. The number of hydrogen-bond donors (Lipinski definition) is 2. The molecule has 7 heteroatoms. The molecule has 0 aromatic heterocycles. The Morgan fingerprint density at radius 3 is 2.27 bits per heavy atom. The third-order valence-corrected chi connectivity index (χ3v) is 4.61. The standard InChI is InChI=1S/C15H17FN2O3S/c1-21-15(11-2-4-12(16)5-3-11)10-18-22(19,20)14-8-6-13(17)7-9-14/h2-9,15,18H,10,17H2,1H3/t15-/m0/s1. The van der Waals surface area contributed by atoms with Crippen molar-refractivity contribution in [2.75, 3.05) is 19.4 Å². The molecule has 22 heavy (non-hydrogen) atoms. The van der Waals surface area contributed by atoms with E-state index in [1.54, 1.807) is 12.1 Å². The maximum Gasteiger partial charge on any atom is 0.240 e. The summed E-state index contributed by atoms with van der Waals surface area (Å²) < 4.78 is 45.0. The number of rotatable bonds is 6. The summed E-state index contributed by atoms with van der Waals surface area (Å²) in [5.41, 5.74) is 6.71. The van der Waals surface area contributed by atoms with E-state index in [1.807, 2.05) is 0 Å². The van der Waals surface area contributed by atoms with Crippen molar-refractivity contribution in [2.45, 2.75) is 11.0 Å². The van der Waals surface area contributed by atoms with Crippen LogP contribution in [0.4, 0.5) is 10.1 Å². The number of nitrogen functional groups attached to an aromatic ring is 1. The highest BCUT2D eigenvalue weighted by atomic mass is 32.2. The van der Waals surface area contributed by atoms with Gasteiger partial charge in [-0.2, -0.15) is 0 Å². The summed E-state index contributed by atoms with van der Waals surface area (Å²) >= 11 is 0. The topological polar surface area (TPSA) is 81.4 Å². The Hall–Kier alpha value is -1.96. The molecule has 0 unspecified atom stereocenters. The van der Waals surface area contributed by atoms with Crippen molar-refractivity contribution in [3.8, 4) is 0 Å². The minimum Gasteiger partial charge on any atom is -0.399 e. The molecule has 3 N–H and O–H groups in total. The quantitative estimate of drug-likeness (QED) is 0.797. The van der Waals surface area contributed by atoms with Crippen molar-refractivity contribution in [1.82, 2.24) is 4.72 Å². The zero-order valence-corrected chi connectivity index (χ0v) is 12.8. The van der Waals surface area contributed by atoms with Crippen molar-refractivity contribution >= 4 is 15.7 Å². The fourth-order valence-electron chi connectivity index (χ4n) is 1.93. The minimum atomic E-state index is -3.66. The van der Waals surface area contributed by atoms with Gasteiger partial charge in [-0.1, -0.05) is 12.1 Å². The van der Waals surface area contributed by atoms with Gasteiger partial charge in [0.2, 0.25) is 10.0 Å². The van der Waals surface area contributed by atoms with E-state index in [4.69, 9.17) is 10.5 Å². The Morgan fingerprint density at radius 1 is 1.14 bits per heavy atom. The molecule has 0 aliphatic rings. The molecule has 1 atom stereocenters. The van der Waals surface area contributed by atoms with E-state index in [9.17, 15) is 12.8 Å². The Labute approximate surface area is 129 Å². The average Bonchev–Trinajstić information content (AvgIpc) is 2.50. The molecule has 2 aromatic rings. The maximum absolute atomic E-state index is 12.9. The van der Waals surface area contributed by atoms with Crippen molar-refractivity contribution in [3.63, 3.8) is 0 Å². The third kappa shape index (κ3) is 4.03. The molecule has 2 rings (SSSR count). The summed E-state index contributed by atoms with van der Waals surface area (Å²) in [6, 6.07) is 11.6. The maximum atomic E-state index is 12.9. The first kappa shape index (κ1) is 16.4. The second-order valence-corrected chi connectivity index (χ2v) is 6.46. The lowest BCUT2D eigenvalue weighted by Crippen LogP contribution is -2.29. The Balaban J connectivity index is 2.09. The van der Waals surface area contributed by atoms with Crippen LogP contribution in [-0.2, 0) is 14.8 Å². The molecule has 0 saturated carbocycles. The van der Waals surface area contributed by atoms with Gasteiger partial charge in [0.1, 0.15) is 5.82 Å². The third-order valence-electron chi connectivity index (χ3n) is 3.18. The highest BCUT2D eigenvalue weighted by Crippen LogP contribution is 2.18. The molecule has 0 aliphatic carbocycles. The number of benzene rings is 2. The van der Waals surface area contributed by atoms with Gasteiger partial charge in [-0.15, -0.1) is 0 Å². The van der Waals surface area contributed by atoms with Gasteiger partial charge in [0.15, 0.2) is 0 Å². The summed E-state index contributed by atoms with van der Waals surface area (Å²) in [5, 5.41) is 0. The van der Waals surface area contributed by atoms with Crippen LogP contribution in [0.15, 0.2) is 53.4 Å². The van der Waals surface area contributed by atoms with Gasteiger partial charge < -0.3 is 10.5 Å². The van der Waals surface area contributed by atoms with Crippen LogP contribution in [0, 0.1) is 5.82 Å². The van der Waals surface area contributed by atoms with Crippen LogP contribution in [0.2, 0.25) is 0 Å². The van der Waals surface area contributed by atoms with Crippen LogP contribution in [0.3, 0.4) is 0 Å². The fraction of sp³-hybridized carbons (Fsp3) is 0.200. The van der Waals surface area contributed by atoms with Crippen molar-refractivity contribution in [3.05, 3.63) is 59.9 Å². The highest BCUT2D eigenvalue weighted by molar-refractivity contribution is 7.89. The summed E-state index contributed by atoms with van der Waals surface area (Å²) in [5.74, 6) is -0.360. The highest BCUT2D eigenvalue weighted by Gasteiger charge is 2.18. The molecule has 0 radical (unpaired) electrons. The second-order valence-electron chi connectivity index (χ2n) is 4.70. The molecule has 0 amide bonds. The summed E-state index contributed by atoms with van der Waals surface area (Å²) in [7, 11) is -2.19. The minimum absolute atomic E-state index is 0.0365. The van der Waals surface area contributed by atoms with Gasteiger partial charge in [0, 0.05) is 19.3 Å². The van der Waals surface area contributed by atoms with E-state index in [0.717, 1.165) is 0 Å². The monoisotopic (exact) mass is 324 g/mol. The van der Waals surface area contributed by atoms with Gasteiger partial charge in [0.25, 0.3) is 0 Å². The average molecular weight is 324 g/mol. The van der Waals surface area contributed by atoms with Gasteiger partial charge in [-0.3, -0.25) is 0 Å². The summed E-state index contributed by atoms with van der Waals surface area (Å²) in [4.78, 5) is 0.121. The zero-order chi connectivity index (χ0) is 16.2. The number of anilines is 1. The van der Waals surface area contributed by atoms with E-state index >= 15 is 0 Å². The van der Waals surface area contributed by atoms with E-state index in [-0.39, 0.29) is 17.3 Å². The first-order chi connectivity index (χ1) is 10.4. The number of methoxy groups -OCH3 is 1. The molecule has 0 heterocycles. The predicted molar refractivity (Wildman–Crippen MR) is 82.2 cm³/mol. The van der Waals surface area contributed by atoms with Gasteiger partial charge in [-0.25, -0.2) is 17.5 Å². The predicted octanol–water partition coefficient (Wildman–Crippen LogP) is 2.07. The smallest absolute Gasteiger partial charge is 0.240 e. The molecular formula is C15H17FN2O3S. The van der Waals surface area contributed by atoms with Crippen LogP contribution in [0.25, 0.3) is 0 Å². The number of hydrogen-bond acceptors (Lipinski definition) is 4. The number of sulfonamides is 1. The fourth-order valence-corrected chi connectivity index (χ4v) is 2.96. The number of halogens is 1. The van der Waals surface area contributed by atoms with Crippen LogP contribution in [0.5, 0.6) is 0 Å². The molecule has 2 aromatic carbocycles. The number of ether oxygens (including phenoxy) is 1. The first-order valence-electron chi connectivity index (χ1n) is 6.56. The lowest BCUT2D eigenvalue weighted by atomic mass is 10.1. The van der Waals surface area contributed by atoms with E-state index < -0.39 is 16.1 Å². The number of nitrogens with two attached hydrogens (primary N) is 1. The summed E-state index contributed by atoms with van der Waals surface area (Å²) in [6.07, 6.45) is -0.510. The largest absolute Gasteiger partial charge is 0.399 e. The molecule has 0 aliphatic heterocycles. The second kappa shape index (κ2) is 6.87. The lowest BCUT2D eigenvalue weighted by Gasteiger charge is -2.16. The normalized spacial score (nSPS) is 13.0. The van der Waals surface area contributed by atoms with Crippen molar-refractivity contribution in [2.24, 2.45) is 0 Å². The van der Waals surface area contributed by atoms with Crippen LogP contribution in [0.1, 0.15) is 11.7 Å². The van der Waals surface area contributed by atoms with Crippen LogP contribution >= 0.6 is 0 Å². The van der Waals surface area contributed by atoms with Crippen molar-refractivity contribution in [1.29, 1.82) is 0 Å². The Kier molecular flexibility index (Phi) is 5.12. The van der Waals surface area contributed by atoms with Crippen molar-refractivity contribution < 1.29 is 17.5 Å². The van der Waals surface area contributed by atoms with E-state index in [0.29, 0.717) is 11.3 Å². The Bertz CT molecular complexity index is 715. The number of nitrogens with one attached hydrogen (secondary N) is 1. The van der Waals surface area contributed by atoms with Gasteiger partial charge in [0.05, 0.1) is 11.0 Å². The lowest BCUT2D eigenvalue weighted by molar-refractivity contribution is 0.107. The summed E-state index contributed by atoms with van der Waals surface area (Å²) in [6.45, 7) is 0.0365. The molecule has 5 nitrogen and oxygen atoms in total. The molecule has 0 fully saturated rings. The van der Waals surface area contributed by atoms with E-state index in [2.05, 4.69) is 4.72 Å². The molecule has 0 bridgehead atoms. The zero-order valence-electron chi connectivity index (χ0n) is 12.0. The molecule has 118 valence electrons.